The van der Waals surface area contributed by atoms with Crippen molar-refractivity contribution in [1.82, 2.24) is 9.88 Å². The van der Waals surface area contributed by atoms with Gasteiger partial charge in [-0.3, -0.25) is 14.5 Å². The fourth-order valence-electron chi connectivity index (χ4n) is 6.86. The molecule has 242 valence electrons. The molecule has 10 nitrogen and oxygen atoms in total. The zero-order valence-corrected chi connectivity index (χ0v) is 26.3. The Balaban J connectivity index is 1.51. The molecular formula is C34H42FN3O7. The molecule has 1 N–H and O–H groups in total. The Labute approximate surface area is 263 Å². The molecular weight excluding hydrogens is 581 g/mol. The number of likely N-dealkylation sites (tertiary alicyclic amines) is 1. The highest BCUT2D eigenvalue weighted by molar-refractivity contribution is 5.95. The molecule has 3 aromatic rings. The molecule has 2 aliphatic rings. The lowest BCUT2D eigenvalue weighted by Gasteiger charge is -2.35. The van der Waals surface area contributed by atoms with E-state index in [1.165, 1.54) is 19.4 Å². The van der Waals surface area contributed by atoms with Crippen LogP contribution in [0.4, 0.5) is 10.1 Å². The highest BCUT2D eigenvalue weighted by Crippen LogP contribution is 2.47. The zero-order valence-electron chi connectivity index (χ0n) is 26.3. The molecule has 1 amide bonds. The Hall–Kier alpha value is -4.12. The average molecular weight is 624 g/mol. The number of rotatable bonds is 14. The second kappa shape index (κ2) is 14.3. The number of ether oxygens (including phenoxy) is 3. The largest absolute Gasteiger partial charge is 0.493 e. The van der Waals surface area contributed by atoms with E-state index in [0.29, 0.717) is 53.8 Å². The number of carbonyl (C=O) groups excluding carboxylic acids is 1. The number of carbonyl (C=O) groups is 2. The van der Waals surface area contributed by atoms with Gasteiger partial charge in [-0.2, -0.15) is 0 Å². The van der Waals surface area contributed by atoms with E-state index in [-0.39, 0.29) is 31.1 Å². The van der Waals surface area contributed by atoms with Crippen LogP contribution in [-0.4, -0.2) is 65.9 Å². The molecule has 1 saturated heterocycles. The molecule has 0 radical (unpaired) electrons. The number of nitrogens with zero attached hydrogens (tertiary/aromatic N) is 3. The first-order valence-corrected chi connectivity index (χ1v) is 15.7. The van der Waals surface area contributed by atoms with Crippen molar-refractivity contribution in [3.05, 3.63) is 65.6 Å². The molecule has 0 spiro atoms. The van der Waals surface area contributed by atoms with Gasteiger partial charge in [0, 0.05) is 36.7 Å². The number of methoxy groups -OCH3 is 1. The highest BCUT2D eigenvalue weighted by Gasteiger charge is 2.48. The van der Waals surface area contributed by atoms with E-state index in [9.17, 15) is 19.1 Å². The number of hydrogen-bond donors (Lipinski definition) is 1. The summed E-state index contributed by atoms with van der Waals surface area (Å²) in [4.78, 5) is 35.4. The summed E-state index contributed by atoms with van der Waals surface area (Å²) in [5.41, 5.74) is 1.85. The summed E-state index contributed by atoms with van der Waals surface area (Å²) in [6.07, 6.45) is 7.24. The summed E-state index contributed by atoms with van der Waals surface area (Å²) in [6.45, 7) is 6.24. The molecule has 45 heavy (non-hydrogen) atoms. The Bertz CT molecular complexity index is 1470. The fraction of sp³-hybridized carbons (Fsp3) is 0.500. The van der Waals surface area contributed by atoms with Crippen LogP contribution in [0.1, 0.15) is 68.9 Å². The summed E-state index contributed by atoms with van der Waals surface area (Å²) in [6, 6.07) is 7.83. The summed E-state index contributed by atoms with van der Waals surface area (Å²) >= 11 is 0. The number of hydrogen-bond acceptors (Lipinski definition) is 8. The number of amides is 1. The maximum absolute atomic E-state index is 14.4. The second-order valence-corrected chi connectivity index (χ2v) is 11.8. The molecule has 0 saturated carbocycles. The molecule has 1 unspecified atom stereocenters. The van der Waals surface area contributed by atoms with Gasteiger partial charge in [-0.1, -0.05) is 26.7 Å². The number of halogens is 1. The summed E-state index contributed by atoms with van der Waals surface area (Å²) < 4.78 is 36.5. The fourth-order valence-corrected chi connectivity index (χ4v) is 6.86. The lowest BCUT2D eigenvalue weighted by molar-refractivity contribution is -0.143. The van der Waals surface area contributed by atoms with Crippen LogP contribution in [0.5, 0.6) is 17.2 Å². The number of carboxylic acids is 1. The maximum Gasteiger partial charge on any atom is 0.308 e. The van der Waals surface area contributed by atoms with Crippen molar-refractivity contribution in [3.63, 3.8) is 0 Å². The Morgan fingerprint density at radius 3 is 2.60 bits per heavy atom. The van der Waals surface area contributed by atoms with E-state index in [0.717, 1.165) is 31.2 Å². The molecule has 2 aromatic carbocycles. The van der Waals surface area contributed by atoms with Crippen LogP contribution in [0.25, 0.3) is 0 Å². The van der Waals surface area contributed by atoms with Gasteiger partial charge in [0.15, 0.2) is 17.4 Å². The lowest BCUT2D eigenvalue weighted by Crippen LogP contribution is -2.48. The minimum absolute atomic E-state index is 0.00142. The molecule has 0 aliphatic carbocycles. The van der Waals surface area contributed by atoms with E-state index >= 15 is 0 Å². The number of oxazole rings is 1. The first-order chi connectivity index (χ1) is 21.7. The minimum Gasteiger partial charge on any atom is -0.493 e. The number of benzene rings is 2. The zero-order chi connectivity index (χ0) is 32.1. The lowest BCUT2D eigenvalue weighted by atomic mass is 9.83. The standard InChI is InChI=1S/C34H42FN3O7/c1-5-7-23(8-6-2)38(24-9-10-26(35)21(3)15-24)31(39)19-37-18-25(22-16-28(42-4)33-29(17-22)44-20-45-33)32(34(40)41)27(37)11-12-30-36-13-14-43-30/h9-10,13-17,23,25,27,32H,5-8,11-12,18-20H2,1-4H3,(H,40,41)/t25-,27+,32?/m1/s1. The van der Waals surface area contributed by atoms with Crippen LogP contribution in [0.2, 0.25) is 0 Å². The third kappa shape index (κ3) is 6.93. The molecule has 0 bridgehead atoms. The van der Waals surface area contributed by atoms with E-state index in [1.807, 2.05) is 11.0 Å². The topological polar surface area (TPSA) is 115 Å². The van der Waals surface area contributed by atoms with Crippen molar-refractivity contribution in [2.75, 3.05) is 31.9 Å². The smallest absolute Gasteiger partial charge is 0.308 e. The molecule has 11 heteroatoms. The van der Waals surface area contributed by atoms with Crippen molar-refractivity contribution in [2.24, 2.45) is 5.92 Å². The molecule has 1 fully saturated rings. The Morgan fingerprint density at radius 1 is 1.18 bits per heavy atom. The van der Waals surface area contributed by atoms with Crippen molar-refractivity contribution in [3.8, 4) is 17.2 Å². The van der Waals surface area contributed by atoms with Crippen LogP contribution >= 0.6 is 0 Å². The van der Waals surface area contributed by atoms with Crippen LogP contribution in [0.3, 0.4) is 0 Å². The van der Waals surface area contributed by atoms with E-state index < -0.39 is 23.8 Å². The SMILES string of the molecule is CCCC(CCC)N(C(=O)CN1C[C@H](c2cc(OC)c3c(c2)OCO3)C(C(=O)O)[C@@H]1CCc1ncco1)c1ccc(F)c(C)c1. The van der Waals surface area contributed by atoms with Crippen molar-refractivity contribution >= 4 is 17.6 Å². The highest BCUT2D eigenvalue weighted by atomic mass is 19.1. The van der Waals surface area contributed by atoms with Gasteiger partial charge in [-0.05, 0) is 67.6 Å². The van der Waals surface area contributed by atoms with Crippen molar-refractivity contribution in [2.45, 2.75) is 77.3 Å². The number of aliphatic carboxylic acids is 1. The van der Waals surface area contributed by atoms with Gasteiger partial charge in [-0.15, -0.1) is 0 Å². The monoisotopic (exact) mass is 623 g/mol. The molecule has 1 aromatic heterocycles. The number of anilines is 1. The third-order valence-electron chi connectivity index (χ3n) is 8.92. The first-order valence-electron chi connectivity index (χ1n) is 15.7. The average Bonchev–Trinajstić information content (AvgIpc) is 3.78. The quantitative estimate of drug-likeness (QED) is 0.232. The molecule has 2 aliphatic heterocycles. The van der Waals surface area contributed by atoms with Crippen molar-refractivity contribution in [1.29, 1.82) is 0 Å². The number of carboxylic acid groups (broad SMARTS) is 1. The second-order valence-electron chi connectivity index (χ2n) is 11.8. The normalized spacial score (nSPS) is 19.3. The minimum atomic E-state index is -0.954. The summed E-state index contributed by atoms with van der Waals surface area (Å²) in [5.74, 6) is -0.764. The van der Waals surface area contributed by atoms with Crippen LogP contribution in [-0.2, 0) is 16.0 Å². The summed E-state index contributed by atoms with van der Waals surface area (Å²) in [7, 11) is 1.53. The van der Waals surface area contributed by atoms with E-state index in [1.54, 1.807) is 36.2 Å². The van der Waals surface area contributed by atoms with E-state index in [2.05, 4.69) is 18.8 Å². The predicted octanol–water partition coefficient (Wildman–Crippen LogP) is 5.96. The molecule has 5 rings (SSSR count). The van der Waals surface area contributed by atoms with Gasteiger partial charge in [0.2, 0.25) is 18.4 Å². The summed E-state index contributed by atoms with van der Waals surface area (Å²) in [5, 5.41) is 10.6. The predicted molar refractivity (Wildman–Crippen MR) is 165 cm³/mol. The number of aromatic nitrogens is 1. The first kappa shape index (κ1) is 32.3. The van der Waals surface area contributed by atoms with Crippen LogP contribution in [0, 0.1) is 18.7 Å². The Kier molecular flexibility index (Phi) is 10.3. The van der Waals surface area contributed by atoms with E-state index in [4.69, 9.17) is 18.6 Å². The van der Waals surface area contributed by atoms with Gasteiger partial charge >= 0.3 is 5.97 Å². The Morgan fingerprint density at radius 2 is 1.96 bits per heavy atom. The van der Waals surface area contributed by atoms with Gasteiger partial charge in [0.25, 0.3) is 0 Å². The third-order valence-corrected chi connectivity index (χ3v) is 8.92. The van der Waals surface area contributed by atoms with Gasteiger partial charge < -0.3 is 28.6 Å². The van der Waals surface area contributed by atoms with Gasteiger partial charge in [-0.25, -0.2) is 9.37 Å². The maximum atomic E-state index is 14.4. The van der Waals surface area contributed by atoms with Crippen molar-refractivity contribution < 1.29 is 37.7 Å². The van der Waals surface area contributed by atoms with Crippen LogP contribution < -0.4 is 19.1 Å². The van der Waals surface area contributed by atoms with Gasteiger partial charge in [0.05, 0.1) is 25.8 Å². The molecule has 3 heterocycles. The number of aryl methyl sites for hydroxylation is 2. The molecule has 3 atom stereocenters. The number of fused-ring (bicyclic) bond motifs is 1. The van der Waals surface area contributed by atoms with Gasteiger partial charge in [0.1, 0.15) is 12.1 Å². The van der Waals surface area contributed by atoms with Crippen LogP contribution in [0.15, 0.2) is 47.2 Å².